The van der Waals surface area contributed by atoms with E-state index in [1.54, 1.807) is 36.4 Å². The van der Waals surface area contributed by atoms with Gasteiger partial charge in [-0.1, -0.05) is 23.2 Å². The van der Waals surface area contributed by atoms with E-state index in [1.165, 1.54) is 17.9 Å². The summed E-state index contributed by atoms with van der Waals surface area (Å²) in [6, 6.07) is 11.7. The number of amides is 2. The zero-order valence-corrected chi connectivity index (χ0v) is 15.4. The van der Waals surface area contributed by atoms with Crippen LogP contribution in [0.4, 0.5) is 11.4 Å². The fraction of sp³-hybridized carbons (Fsp3) is 0.222. The number of rotatable bonds is 6. The normalized spacial score (nSPS) is 10.2. The molecule has 2 aromatic carbocycles. The quantitative estimate of drug-likeness (QED) is 0.808. The summed E-state index contributed by atoms with van der Waals surface area (Å²) in [5.41, 5.74) is 1.04. The van der Waals surface area contributed by atoms with Crippen LogP contribution in [0.5, 0.6) is 5.75 Å². The summed E-state index contributed by atoms with van der Waals surface area (Å²) < 4.78 is 5.38. The highest BCUT2D eigenvalue weighted by atomic mass is 35.5. The van der Waals surface area contributed by atoms with Crippen molar-refractivity contribution in [2.24, 2.45) is 0 Å². The van der Waals surface area contributed by atoms with E-state index in [2.05, 4.69) is 5.32 Å². The highest BCUT2D eigenvalue weighted by Crippen LogP contribution is 2.25. The van der Waals surface area contributed by atoms with Crippen LogP contribution in [0.1, 0.15) is 13.8 Å². The number of halogens is 2. The smallest absolute Gasteiger partial charge is 0.244 e. The molecule has 5 nitrogen and oxygen atoms in total. The molecule has 132 valence electrons. The molecule has 0 aromatic heterocycles. The molecule has 25 heavy (non-hydrogen) atoms. The second-order valence-electron chi connectivity index (χ2n) is 5.20. The predicted octanol–water partition coefficient (Wildman–Crippen LogP) is 4.38. The fourth-order valence-corrected chi connectivity index (χ4v) is 2.65. The van der Waals surface area contributed by atoms with Crippen molar-refractivity contribution in [1.29, 1.82) is 0 Å². The second kappa shape index (κ2) is 8.74. The van der Waals surface area contributed by atoms with Gasteiger partial charge in [-0.25, -0.2) is 0 Å². The van der Waals surface area contributed by atoms with Gasteiger partial charge in [0.05, 0.1) is 17.3 Å². The van der Waals surface area contributed by atoms with Gasteiger partial charge in [0.1, 0.15) is 12.3 Å². The first-order valence-corrected chi connectivity index (χ1v) is 8.42. The number of anilines is 2. The number of carbonyl (C=O) groups is 2. The van der Waals surface area contributed by atoms with E-state index in [1.807, 2.05) is 6.92 Å². The SMILES string of the molecule is CCOc1ccc(N(CC(=O)Nc2ccc(Cl)cc2Cl)C(C)=O)cc1. The molecule has 0 saturated carbocycles. The van der Waals surface area contributed by atoms with Crippen LogP contribution >= 0.6 is 23.2 Å². The lowest BCUT2D eigenvalue weighted by Gasteiger charge is -2.21. The van der Waals surface area contributed by atoms with Crippen molar-refractivity contribution in [2.75, 3.05) is 23.4 Å². The Hall–Kier alpha value is -2.24. The number of benzene rings is 2. The van der Waals surface area contributed by atoms with Crippen molar-refractivity contribution in [3.8, 4) is 5.75 Å². The van der Waals surface area contributed by atoms with Crippen LogP contribution in [-0.2, 0) is 9.59 Å². The first-order valence-electron chi connectivity index (χ1n) is 7.66. The van der Waals surface area contributed by atoms with Gasteiger partial charge < -0.3 is 15.0 Å². The fourth-order valence-electron chi connectivity index (χ4n) is 2.20. The van der Waals surface area contributed by atoms with Crippen molar-refractivity contribution in [3.05, 3.63) is 52.5 Å². The third kappa shape index (κ3) is 5.37. The minimum absolute atomic E-state index is 0.137. The molecule has 0 aliphatic carbocycles. The summed E-state index contributed by atoms with van der Waals surface area (Å²) in [7, 11) is 0. The van der Waals surface area contributed by atoms with Crippen LogP contribution in [0.2, 0.25) is 10.0 Å². The minimum atomic E-state index is -0.367. The maximum Gasteiger partial charge on any atom is 0.244 e. The van der Waals surface area contributed by atoms with Crippen LogP contribution in [-0.4, -0.2) is 25.0 Å². The summed E-state index contributed by atoms with van der Waals surface area (Å²) in [5, 5.41) is 3.48. The van der Waals surface area contributed by atoms with Gasteiger partial charge in [-0.15, -0.1) is 0 Å². The van der Waals surface area contributed by atoms with Crippen LogP contribution in [0.25, 0.3) is 0 Å². The highest BCUT2D eigenvalue weighted by Gasteiger charge is 2.17. The van der Waals surface area contributed by atoms with Gasteiger partial charge in [0.15, 0.2) is 0 Å². The maximum absolute atomic E-state index is 12.3. The summed E-state index contributed by atoms with van der Waals surface area (Å²) in [6.07, 6.45) is 0. The summed E-state index contributed by atoms with van der Waals surface area (Å²) in [6.45, 7) is 3.71. The average Bonchev–Trinajstić information content (AvgIpc) is 2.56. The first-order chi connectivity index (χ1) is 11.9. The Morgan fingerprint density at radius 1 is 1.12 bits per heavy atom. The van der Waals surface area contributed by atoms with Gasteiger partial charge in [-0.2, -0.15) is 0 Å². The number of carbonyl (C=O) groups excluding carboxylic acids is 2. The third-order valence-corrected chi connectivity index (χ3v) is 3.89. The van der Waals surface area contributed by atoms with E-state index in [0.29, 0.717) is 33.8 Å². The van der Waals surface area contributed by atoms with Gasteiger partial charge in [0, 0.05) is 17.6 Å². The molecular weight excluding hydrogens is 363 g/mol. The van der Waals surface area contributed by atoms with Crippen molar-refractivity contribution >= 4 is 46.4 Å². The van der Waals surface area contributed by atoms with Gasteiger partial charge in [0.2, 0.25) is 11.8 Å². The summed E-state index contributed by atoms with van der Waals surface area (Å²) in [4.78, 5) is 25.6. The summed E-state index contributed by atoms with van der Waals surface area (Å²) >= 11 is 11.9. The zero-order chi connectivity index (χ0) is 18.4. The Morgan fingerprint density at radius 3 is 2.36 bits per heavy atom. The van der Waals surface area contributed by atoms with Gasteiger partial charge in [0.25, 0.3) is 0 Å². The lowest BCUT2D eigenvalue weighted by atomic mass is 10.2. The van der Waals surface area contributed by atoms with Crippen molar-refractivity contribution in [1.82, 2.24) is 0 Å². The Labute approximate surface area is 156 Å². The molecule has 0 fully saturated rings. The summed E-state index contributed by atoms with van der Waals surface area (Å²) in [5.74, 6) is 0.0852. The molecule has 0 heterocycles. The molecule has 1 N–H and O–H groups in total. The van der Waals surface area contributed by atoms with Crippen LogP contribution < -0.4 is 15.0 Å². The lowest BCUT2D eigenvalue weighted by molar-refractivity contribution is -0.120. The van der Waals surface area contributed by atoms with Crippen LogP contribution in [0.15, 0.2) is 42.5 Å². The number of hydrogen-bond acceptors (Lipinski definition) is 3. The molecule has 0 unspecified atom stereocenters. The minimum Gasteiger partial charge on any atom is -0.494 e. The molecule has 7 heteroatoms. The van der Waals surface area contributed by atoms with Crippen molar-refractivity contribution in [2.45, 2.75) is 13.8 Å². The Morgan fingerprint density at radius 2 is 1.80 bits per heavy atom. The average molecular weight is 381 g/mol. The first kappa shape index (κ1) is 19.1. The zero-order valence-electron chi connectivity index (χ0n) is 13.9. The predicted molar refractivity (Wildman–Crippen MR) is 101 cm³/mol. The molecule has 0 radical (unpaired) electrons. The van der Waals surface area contributed by atoms with Gasteiger partial charge >= 0.3 is 0 Å². The molecule has 2 rings (SSSR count). The monoisotopic (exact) mass is 380 g/mol. The highest BCUT2D eigenvalue weighted by molar-refractivity contribution is 6.36. The van der Waals surface area contributed by atoms with E-state index in [9.17, 15) is 9.59 Å². The van der Waals surface area contributed by atoms with E-state index in [0.717, 1.165) is 0 Å². The molecule has 2 amide bonds. The van der Waals surface area contributed by atoms with E-state index >= 15 is 0 Å². The largest absolute Gasteiger partial charge is 0.494 e. The number of nitrogens with one attached hydrogen (secondary N) is 1. The Balaban J connectivity index is 2.10. The molecule has 0 spiro atoms. The molecule has 0 atom stereocenters. The molecule has 0 aliphatic heterocycles. The van der Waals surface area contributed by atoms with Gasteiger partial charge in [-0.3, -0.25) is 9.59 Å². The second-order valence-corrected chi connectivity index (χ2v) is 6.05. The van der Waals surface area contributed by atoms with Crippen LogP contribution in [0.3, 0.4) is 0 Å². The molecule has 0 bridgehead atoms. The van der Waals surface area contributed by atoms with E-state index < -0.39 is 0 Å². The topological polar surface area (TPSA) is 58.6 Å². The number of ether oxygens (including phenoxy) is 1. The van der Waals surface area contributed by atoms with E-state index in [4.69, 9.17) is 27.9 Å². The molecular formula is C18H18Cl2N2O3. The number of hydrogen-bond donors (Lipinski definition) is 1. The third-order valence-electron chi connectivity index (χ3n) is 3.35. The lowest BCUT2D eigenvalue weighted by Crippen LogP contribution is -2.36. The van der Waals surface area contributed by atoms with Crippen molar-refractivity contribution in [3.63, 3.8) is 0 Å². The maximum atomic E-state index is 12.3. The van der Waals surface area contributed by atoms with Crippen molar-refractivity contribution < 1.29 is 14.3 Å². The molecule has 0 aliphatic rings. The molecule has 2 aromatic rings. The van der Waals surface area contributed by atoms with E-state index in [-0.39, 0.29) is 18.4 Å². The van der Waals surface area contributed by atoms with Gasteiger partial charge in [-0.05, 0) is 49.4 Å². The molecule has 0 saturated heterocycles. The Bertz CT molecular complexity index is 763. The Kier molecular flexibility index (Phi) is 6.67. The standard InChI is InChI=1S/C18H18Cl2N2O3/c1-3-25-15-7-5-14(6-8-15)22(12(2)23)11-18(24)21-17-9-4-13(19)10-16(17)20/h4-10H,3,11H2,1-2H3,(H,21,24). The van der Waals surface area contributed by atoms with Crippen LogP contribution in [0, 0.1) is 0 Å². The number of nitrogens with zero attached hydrogens (tertiary/aromatic N) is 1.